The minimum Gasteiger partial charge on any atom is -0.324 e. The first kappa shape index (κ1) is 16.2. The molecule has 2 aromatic rings. The summed E-state index contributed by atoms with van der Waals surface area (Å²) >= 11 is 0. The van der Waals surface area contributed by atoms with Crippen LogP contribution in [0.25, 0.3) is 11.3 Å². The summed E-state index contributed by atoms with van der Waals surface area (Å²) in [6, 6.07) is 20.4. The van der Waals surface area contributed by atoms with Crippen molar-refractivity contribution in [3.05, 3.63) is 71.8 Å². The lowest BCUT2D eigenvalue weighted by Crippen LogP contribution is -2.24. The highest BCUT2D eigenvalue weighted by molar-refractivity contribution is 6.05. The molecule has 0 saturated heterocycles. The number of nitrogens with one attached hydrogen (secondary N) is 1. The molecule has 0 unspecified atom stereocenters. The molecule has 0 radical (unpaired) electrons. The van der Waals surface area contributed by atoms with Gasteiger partial charge in [0, 0.05) is 0 Å². The standard InChI is InChI=1S/C19H16N2O2/c1-14(22)12-18(23)21-19(16-10-6-3-7-11-16)17(13-20)15-8-4-2-5-9-15/h2-11H,12H2,1H3,(H,21,23). The SMILES string of the molecule is CC(=O)CC(=O)NC(=C(C#N)c1ccccc1)c1ccccc1. The van der Waals surface area contributed by atoms with E-state index in [0.717, 1.165) is 0 Å². The molecule has 4 heteroatoms. The molecule has 0 saturated carbocycles. The summed E-state index contributed by atoms with van der Waals surface area (Å²) in [6.45, 7) is 1.36. The van der Waals surface area contributed by atoms with E-state index < -0.39 is 5.91 Å². The number of allylic oxidation sites excluding steroid dienone is 1. The van der Waals surface area contributed by atoms with Crippen molar-refractivity contribution >= 4 is 23.0 Å². The molecule has 1 N–H and O–H groups in total. The Balaban J connectivity index is 2.52. The zero-order chi connectivity index (χ0) is 16.7. The smallest absolute Gasteiger partial charge is 0.231 e. The second-order valence-electron chi connectivity index (χ2n) is 5.02. The largest absolute Gasteiger partial charge is 0.324 e. The van der Waals surface area contributed by atoms with E-state index in [1.165, 1.54) is 6.92 Å². The van der Waals surface area contributed by atoms with Gasteiger partial charge in [0.05, 0.1) is 17.7 Å². The summed E-state index contributed by atoms with van der Waals surface area (Å²) in [4.78, 5) is 23.2. The minimum atomic E-state index is -0.431. The lowest BCUT2D eigenvalue weighted by molar-refractivity contribution is -0.126. The predicted molar refractivity (Wildman–Crippen MR) is 88.8 cm³/mol. The Morgan fingerprint density at radius 3 is 1.96 bits per heavy atom. The minimum absolute atomic E-state index is 0.218. The van der Waals surface area contributed by atoms with Crippen molar-refractivity contribution in [1.82, 2.24) is 5.32 Å². The first-order valence-electron chi connectivity index (χ1n) is 7.16. The molecule has 2 rings (SSSR count). The van der Waals surface area contributed by atoms with Gasteiger partial charge in [0.1, 0.15) is 11.9 Å². The van der Waals surface area contributed by atoms with Gasteiger partial charge in [-0.15, -0.1) is 0 Å². The second-order valence-corrected chi connectivity index (χ2v) is 5.02. The van der Waals surface area contributed by atoms with Crippen LogP contribution < -0.4 is 5.32 Å². The van der Waals surface area contributed by atoms with Gasteiger partial charge in [-0.1, -0.05) is 60.7 Å². The van der Waals surface area contributed by atoms with Crippen molar-refractivity contribution in [3.8, 4) is 6.07 Å². The average Bonchev–Trinajstić information content (AvgIpc) is 2.56. The number of ketones is 1. The molecule has 0 aliphatic carbocycles. The Labute approximate surface area is 135 Å². The fraction of sp³-hybridized carbons (Fsp3) is 0.105. The number of nitrogens with zero attached hydrogens (tertiary/aromatic N) is 1. The molecule has 0 aliphatic rings. The fourth-order valence-corrected chi connectivity index (χ4v) is 2.16. The molecule has 2 aromatic carbocycles. The van der Waals surface area contributed by atoms with Gasteiger partial charge in [0.15, 0.2) is 0 Å². The summed E-state index contributed by atoms with van der Waals surface area (Å²) in [7, 11) is 0. The van der Waals surface area contributed by atoms with Gasteiger partial charge in [-0.05, 0) is 18.1 Å². The topological polar surface area (TPSA) is 70.0 Å². The van der Waals surface area contributed by atoms with Gasteiger partial charge in [0.2, 0.25) is 5.91 Å². The van der Waals surface area contributed by atoms with Gasteiger partial charge in [-0.2, -0.15) is 5.26 Å². The maximum absolute atomic E-state index is 12.0. The van der Waals surface area contributed by atoms with Crippen LogP contribution >= 0.6 is 0 Å². The van der Waals surface area contributed by atoms with Crippen molar-refractivity contribution in [1.29, 1.82) is 5.26 Å². The highest BCUT2D eigenvalue weighted by Gasteiger charge is 2.15. The maximum atomic E-state index is 12.0. The van der Waals surface area contributed by atoms with E-state index in [1.54, 1.807) is 12.1 Å². The quantitative estimate of drug-likeness (QED) is 0.524. The van der Waals surface area contributed by atoms with E-state index in [4.69, 9.17) is 0 Å². The Morgan fingerprint density at radius 1 is 0.957 bits per heavy atom. The molecule has 114 valence electrons. The lowest BCUT2D eigenvalue weighted by Gasteiger charge is -2.13. The zero-order valence-electron chi connectivity index (χ0n) is 12.7. The molecule has 1 amide bonds. The number of amides is 1. The highest BCUT2D eigenvalue weighted by atomic mass is 16.2. The van der Waals surface area contributed by atoms with Gasteiger partial charge >= 0.3 is 0 Å². The molecular weight excluding hydrogens is 288 g/mol. The molecule has 0 heterocycles. The van der Waals surface area contributed by atoms with E-state index in [0.29, 0.717) is 22.4 Å². The third kappa shape index (κ3) is 4.39. The molecule has 0 spiro atoms. The van der Waals surface area contributed by atoms with Crippen LogP contribution in [0.4, 0.5) is 0 Å². The van der Waals surface area contributed by atoms with Gasteiger partial charge < -0.3 is 5.32 Å². The molecule has 0 fully saturated rings. The molecule has 0 bridgehead atoms. The Kier molecular flexibility index (Phi) is 5.43. The van der Waals surface area contributed by atoms with Crippen LogP contribution in [0.3, 0.4) is 0 Å². The third-order valence-corrected chi connectivity index (χ3v) is 3.16. The van der Waals surface area contributed by atoms with Crippen LogP contribution in [0.15, 0.2) is 60.7 Å². The van der Waals surface area contributed by atoms with Gasteiger partial charge in [0.25, 0.3) is 0 Å². The van der Waals surface area contributed by atoms with Crippen molar-refractivity contribution in [3.63, 3.8) is 0 Å². The molecule has 0 atom stereocenters. The number of nitriles is 1. The number of hydrogen-bond donors (Lipinski definition) is 1. The Morgan fingerprint density at radius 2 is 1.48 bits per heavy atom. The number of benzene rings is 2. The van der Waals surface area contributed by atoms with Crippen LogP contribution in [-0.2, 0) is 9.59 Å². The maximum Gasteiger partial charge on any atom is 0.231 e. The average molecular weight is 304 g/mol. The van der Waals surface area contributed by atoms with E-state index in [-0.39, 0.29) is 12.2 Å². The summed E-state index contributed by atoms with van der Waals surface area (Å²) in [5.74, 6) is -0.659. The van der Waals surface area contributed by atoms with Crippen LogP contribution in [0.5, 0.6) is 0 Å². The monoisotopic (exact) mass is 304 g/mol. The van der Waals surface area contributed by atoms with E-state index in [9.17, 15) is 14.9 Å². The van der Waals surface area contributed by atoms with Crippen LogP contribution in [-0.4, -0.2) is 11.7 Å². The summed E-state index contributed by atoms with van der Waals surface area (Å²) in [5, 5.41) is 12.3. The Hall–Kier alpha value is -3.19. The second kappa shape index (κ2) is 7.71. The van der Waals surface area contributed by atoms with Gasteiger partial charge in [-0.25, -0.2) is 0 Å². The number of rotatable bonds is 5. The van der Waals surface area contributed by atoms with E-state index >= 15 is 0 Å². The van der Waals surface area contributed by atoms with Crippen molar-refractivity contribution < 1.29 is 9.59 Å². The highest BCUT2D eigenvalue weighted by Crippen LogP contribution is 2.24. The summed E-state index contributed by atoms with van der Waals surface area (Å²) in [5.41, 5.74) is 2.18. The fourth-order valence-electron chi connectivity index (χ4n) is 2.16. The number of Topliss-reactive ketones (excluding diaryl/α,β-unsaturated/α-hetero) is 1. The van der Waals surface area contributed by atoms with Crippen molar-refractivity contribution in [2.24, 2.45) is 0 Å². The molecule has 0 aromatic heterocycles. The van der Waals surface area contributed by atoms with Crippen molar-refractivity contribution in [2.45, 2.75) is 13.3 Å². The van der Waals surface area contributed by atoms with Crippen LogP contribution in [0.1, 0.15) is 24.5 Å². The third-order valence-electron chi connectivity index (χ3n) is 3.16. The van der Waals surface area contributed by atoms with Crippen LogP contribution in [0, 0.1) is 11.3 Å². The predicted octanol–water partition coefficient (Wildman–Crippen LogP) is 3.17. The molecule has 0 aliphatic heterocycles. The van der Waals surface area contributed by atoms with Crippen LogP contribution in [0.2, 0.25) is 0 Å². The van der Waals surface area contributed by atoms with Gasteiger partial charge in [-0.3, -0.25) is 9.59 Å². The van der Waals surface area contributed by atoms with E-state index in [1.807, 2.05) is 48.5 Å². The number of hydrogen-bond acceptors (Lipinski definition) is 3. The first-order valence-corrected chi connectivity index (χ1v) is 7.16. The summed E-state index contributed by atoms with van der Waals surface area (Å²) < 4.78 is 0. The number of carbonyl (C=O) groups is 2. The van der Waals surface area contributed by atoms with Crippen molar-refractivity contribution in [2.75, 3.05) is 0 Å². The lowest BCUT2D eigenvalue weighted by atomic mass is 10.00. The molecule has 23 heavy (non-hydrogen) atoms. The molecular formula is C19H16N2O2. The normalized spacial score (nSPS) is 11.1. The van der Waals surface area contributed by atoms with E-state index in [2.05, 4.69) is 11.4 Å². The Bertz CT molecular complexity index is 772. The number of carbonyl (C=O) groups excluding carboxylic acids is 2. The first-order chi connectivity index (χ1) is 11.1. The zero-order valence-corrected chi connectivity index (χ0v) is 12.7. The molecule has 4 nitrogen and oxygen atoms in total. The summed E-state index contributed by atoms with van der Waals surface area (Å²) in [6.07, 6.45) is -0.218.